The van der Waals surface area contributed by atoms with Crippen LogP contribution in [-0.2, 0) is 6.54 Å². The van der Waals surface area contributed by atoms with Crippen LogP contribution in [0.2, 0.25) is 0 Å². The monoisotopic (exact) mass is 251 g/mol. The zero-order valence-corrected chi connectivity index (χ0v) is 11.7. The highest BCUT2D eigenvalue weighted by atomic mass is 14.9. The van der Waals surface area contributed by atoms with Gasteiger partial charge in [-0.05, 0) is 60.9 Å². The van der Waals surface area contributed by atoms with Crippen molar-refractivity contribution in [3.05, 3.63) is 64.7 Å². The van der Waals surface area contributed by atoms with Crippen LogP contribution in [-0.4, -0.2) is 0 Å². The molecular formula is C18H21N. The van der Waals surface area contributed by atoms with E-state index in [-0.39, 0.29) is 0 Å². The lowest BCUT2D eigenvalue weighted by atomic mass is 10.0. The summed E-state index contributed by atoms with van der Waals surface area (Å²) in [5.41, 5.74) is 6.95. The van der Waals surface area contributed by atoms with E-state index in [1.807, 2.05) is 0 Å². The van der Waals surface area contributed by atoms with Gasteiger partial charge in [-0.25, -0.2) is 0 Å². The van der Waals surface area contributed by atoms with Crippen molar-refractivity contribution in [1.29, 1.82) is 0 Å². The molecule has 2 aromatic rings. The Balaban J connectivity index is 1.77. The first-order chi connectivity index (χ1) is 9.25. The number of anilines is 1. The van der Waals surface area contributed by atoms with Crippen LogP contribution < -0.4 is 5.32 Å². The number of hydrogen-bond acceptors (Lipinski definition) is 1. The normalized spacial score (nSPS) is 14.4. The molecule has 0 radical (unpaired) electrons. The molecule has 0 saturated heterocycles. The third-order valence-electron chi connectivity index (χ3n) is 4.15. The quantitative estimate of drug-likeness (QED) is 0.823. The van der Waals surface area contributed by atoms with Crippen LogP contribution in [0.3, 0.4) is 0 Å². The molecule has 19 heavy (non-hydrogen) atoms. The van der Waals surface area contributed by atoms with Gasteiger partial charge in [-0.3, -0.25) is 0 Å². The van der Waals surface area contributed by atoms with Gasteiger partial charge >= 0.3 is 0 Å². The first-order valence-corrected chi connectivity index (χ1v) is 7.13. The fourth-order valence-corrected chi connectivity index (χ4v) is 2.62. The first kappa shape index (κ1) is 12.3. The molecule has 0 bridgehead atoms. The van der Waals surface area contributed by atoms with Gasteiger partial charge in [0.15, 0.2) is 0 Å². The van der Waals surface area contributed by atoms with Gasteiger partial charge in [0.25, 0.3) is 0 Å². The van der Waals surface area contributed by atoms with E-state index in [9.17, 15) is 0 Å². The fourth-order valence-electron chi connectivity index (χ4n) is 2.62. The zero-order valence-electron chi connectivity index (χ0n) is 11.7. The van der Waals surface area contributed by atoms with Gasteiger partial charge in [-0.15, -0.1) is 0 Å². The van der Waals surface area contributed by atoms with Crippen molar-refractivity contribution in [2.24, 2.45) is 0 Å². The SMILES string of the molecule is Cc1cccc(NCc2ccccc2C2CC2)c1C. The average Bonchev–Trinajstić information content (AvgIpc) is 3.25. The fraction of sp³-hybridized carbons (Fsp3) is 0.333. The molecule has 0 amide bonds. The first-order valence-electron chi connectivity index (χ1n) is 7.13. The summed E-state index contributed by atoms with van der Waals surface area (Å²) >= 11 is 0. The maximum absolute atomic E-state index is 3.59. The van der Waals surface area contributed by atoms with E-state index in [0.29, 0.717) is 0 Å². The van der Waals surface area contributed by atoms with Crippen LogP contribution in [0, 0.1) is 13.8 Å². The summed E-state index contributed by atoms with van der Waals surface area (Å²) in [4.78, 5) is 0. The number of hydrogen-bond donors (Lipinski definition) is 1. The molecule has 3 rings (SSSR count). The largest absolute Gasteiger partial charge is 0.381 e. The maximum atomic E-state index is 3.59. The van der Waals surface area contributed by atoms with Crippen molar-refractivity contribution in [2.75, 3.05) is 5.32 Å². The molecule has 2 aromatic carbocycles. The van der Waals surface area contributed by atoms with Crippen LogP contribution in [0.25, 0.3) is 0 Å². The van der Waals surface area contributed by atoms with Gasteiger partial charge in [0.05, 0.1) is 0 Å². The van der Waals surface area contributed by atoms with Crippen molar-refractivity contribution in [3.63, 3.8) is 0 Å². The molecule has 1 aliphatic rings. The second-order valence-corrected chi connectivity index (χ2v) is 5.57. The minimum absolute atomic E-state index is 0.816. The molecule has 0 spiro atoms. The van der Waals surface area contributed by atoms with Crippen LogP contribution in [0.4, 0.5) is 5.69 Å². The minimum Gasteiger partial charge on any atom is -0.381 e. The summed E-state index contributed by atoms with van der Waals surface area (Å²) in [6, 6.07) is 15.3. The predicted octanol–water partition coefficient (Wildman–Crippen LogP) is 4.79. The zero-order chi connectivity index (χ0) is 13.2. The molecule has 0 aromatic heterocycles. The van der Waals surface area contributed by atoms with E-state index in [0.717, 1.165) is 12.5 Å². The Labute approximate surface area is 115 Å². The molecule has 1 aliphatic carbocycles. The molecule has 0 heterocycles. The number of benzene rings is 2. The average molecular weight is 251 g/mol. The van der Waals surface area contributed by atoms with Crippen molar-refractivity contribution in [1.82, 2.24) is 0 Å². The highest BCUT2D eigenvalue weighted by Crippen LogP contribution is 2.41. The number of nitrogens with one attached hydrogen (secondary N) is 1. The molecule has 1 saturated carbocycles. The second-order valence-electron chi connectivity index (χ2n) is 5.57. The lowest BCUT2D eigenvalue weighted by Crippen LogP contribution is -2.04. The van der Waals surface area contributed by atoms with Gasteiger partial charge in [-0.1, -0.05) is 36.4 Å². The Morgan fingerprint density at radius 1 is 1.00 bits per heavy atom. The van der Waals surface area contributed by atoms with Gasteiger partial charge in [0, 0.05) is 12.2 Å². The van der Waals surface area contributed by atoms with E-state index in [1.54, 1.807) is 5.56 Å². The van der Waals surface area contributed by atoms with Crippen LogP contribution in [0.5, 0.6) is 0 Å². The van der Waals surface area contributed by atoms with Crippen LogP contribution >= 0.6 is 0 Å². The van der Waals surface area contributed by atoms with E-state index in [1.165, 1.54) is 35.2 Å². The molecule has 1 N–H and O–H groups in total. The Kier molecular flexibility index (Phi) is 3.29. The topological polar surface area (TPSA) is 12.0 Å². The third-order valence-corrected chi connectivity index (χ3v) is 4.15. The summed E-state index contributed by atoms with van der Waals surface area (Å²) in [7, 11) is 0. The van der Waals surface area contributed by atoms with Crippen molar-refractivity contribution >= 4 is 5.69 Å². The summed E-state index contributed by atoms with van der Waals surface area (Å²) in [5.74, 6) is 0.816. The molecule has 0 atom stereocenters. The molecule has 98 valence electrons. The maximum Gasteiger partial charge on any atom is 0.0403 e. The third kappa shape index (κ3) is 2.65. The molecular weight excluding hydrogens is 230 g/mol. The van der Waals surface area contributed by atoms with Crippen molar-refractivity contribution in [2.45, 2.75) is 39.2 Å². The van der Waals surface area contributed by atoms with Crippen molar-refractivity contribution < 1.29 is 0 Å². The van der Waals surface area contributed by atoms with Crippen molar-refractivity contribution in [3.8, 4) is 0 Å². The van der Waals surface area contributed by atoms with Crippen LogP contribution in [0.1, 0.15) is 41.0 Å². The summed E-state index contributed by atoms with van der Waals surface area (Å²) in [5, 5.41) is 3.59. The number of rotatable bonds is 4. The lowest BCUT2D eigenvalue weighted by molar-refractivity contribution is 1.03. The van der Waals surface area contributed by atoms with E-state index < -0.39 is 0 Å². The summed E-state index contributed by atoms with van der Waals surface area (Å²) in [6.07, 6.45) is 2.72. The van der Waals surface area contributed by atoms with E-state index >= 15 is 0 Å². The molecule has 1 nitrogen and oxygen atoms in total. The minimum atomic E-state index is 0.816. The Morgan fingerprint density at radius 3 is 2.58 bits per heavy atom. The van der Waals surface area contributed by atoms with E-state index in [2.05, 4.69) is 61.6 Å². The summed E-state index contributed by atoms with van der Waals surface area (Å²) in [6.45, 7) is 5.28. The van der Waals surface area contributed by atoms with E-state index in [4.69, 9.17) is 0 Å². The Hall–Kier alpha value is -1.76. The smallest absolute Gasteiger partial charge is 0.0403 e. The highest BCUT2D eigenvalue weighted by molar-refractivity contribution is 5.54. The standard InChI is InChI=1S/C18H21N/c1-13-6-5-9-18(14(13)2)19-12-16-7-3-4-8-17(16)15-10-11-15/h3-9,15,19H,10-12H2,1-2H3. The van der Waals surface area contributed by atoms with Gasteiger partial charge in [0.2, 0.25) is 0 Å². The van der Waals surface area contributed by atoms with Gasteiger partial charge in [0.1, 0.15) is 0 Å². The number of aryl methyl sites for hydroxylation is 1. The molecule has 1 heteroatoms. The predicted molar refractivity (Wildman–Crippen MR) is 81.7 cm³/mol. The van der Waals surface area contributed by atoms with Gasteiger partial charge in [-0.2, -0.15) is 0 Å². The van der Waals surface area contributed by atoms with Crippen LogP contribution in [0.15, 0.2) is 42.5 Å². The highest BCUT2D eigenvalue weighted by Gasteiger charge is 2.25. The molecule has 0 aliphatic heterocycles. The molecule has 0 unspecified atom stereocenters. The Morgan fingerprint density at radius 2 is 1.79 bits per heavy atom. The Bertz CT molecular complexity index is 582. The lowest BCUT2D eigenvalue weighted by Gasteiger charge is -2.14. The second kappa shape index (κ2) is 5.08. The van der Waals surface area contributed by atoms with Gasteiger partial charge < -0.3 is 5.32 Å². The summed E-state index contributed by atoms with van der Waals surface area (Å²) < 4.78 is 0. The molecule has 1 fully saturated rings.